The van der Waals surface area contributed by atoms with Crippen molar-refractivity contribution in [2.45, 2.75) is 19.9 Å². The average molecular weight is 225 g/mol. The summed E-state index contributed by atoms with van der Waals surface area (Å²) in [6.07, 6.45) is 0. The Labute approximate surface area is 93.3 Å². The molecule has 1 aromatic heterocycles. The van der Waals surface area contributed by atoms with Crippen LogP contribution in [0.4, 0.5) is 0 Å². The molecule has 0 saturated carbocycles. The highest BCUT2D eigenvalue weighted by Gasteiger charge is 2.22. The lowest BCUT2D eigenvalue weighted by molar-refractivity contribution is 0.0743. The van der Waals surface area contributed by atoms with Crippen LogP contribution >= 0.6 is 0 Å². The number of carbonyl (C=O) groups excluding carboxylic acids is 1. The van der Waals surface area contributed by atoms with Gasteiger partial charge in [0, 0.05) is 7.05 Å². The molecule has 0 aromatic carbocycles. The highest BCUT2D eigenvalue weighted by molar-refractivity contribution is 5.96. The number of furan rings is 1. The second kappa shape index (κ2) is 4.69. The minimum Gasteiger partial charge on any atom is -0.456 e. The molecule has 1 aromatic rings. The van der Waals surface area contributed by atoms with Gasteiger partial charge in [0.15, 0.2) is 11.6 Å². The molecule has 1 heterocycles. The van der Waals surface area contributed by atoms with Gasteiger partial charge in [0.25, 0.3) is 5.91 Å². The number of likely N-dealkylation sites (N-methyl/N-ethyl adjacent to an activating group) is 1. The molecule has 6 heteroatoms. The zero-order valence-corrected chi connectivity index (χ0v) is 9.47. The van der Waals surface area contributed by atoms with E-state index in [9.17, 15) is 4.79 Å². The molecule has 16 heavy (non-hydrogen) atoms. The molecule has 3 N–H and O–H groups in total. The molecule has 0 radical (unpaired) electrons. The molecule has 0 aliphatic rings. The highest BCUT2D eigenvalue weighted by Crippen LogP contribution is 2.10. The molecule has 0 spiro atoms. The highest BCUT2D eigenvalue weighted by atomic mass is 16.4. The Balaban J connectivity index is 2.82. The number of carbonyl (C=O) groups is 1. The maximum Gasteiger partial charge on any atom is 0.289 e. The molecule has 0 fully saturated rings. The summed E-state index contributed by atoms with van der Waals surface area (Å²) in [5, 5.41) is 11.4. The summed E-state index contributed by atoms with van der Waals surface area (Å²) in [7, 11) is 1.56. The number of hydrogen-bond acceptors (Lipinski definition) is 4. The Morgan fingerprint density at radius 2 is 2.25 bits per heavy atom. The molecule has 1 amide bonds. The standard InChI is InChI=1S/C10H15N3O3/c1-6-4-5-8(16-6)10(14)13(3)7(2)9(11)12-15/h4-5,7,15H,1-3H3,(H2,11,12). The summed E-state index contributed by atoms with van der Waals surface area (Å²) < 4.78 is 5.20. The van der Waals surface area contributed by atoms with E-state index in [1.54, 1.807) is 33.0 Å². The summed E-state index contributed by atoms with van der Waals surface area (Å²) in [5.41, 5.74) is 5.41. The van der Waals surface area contributed by atoms with E-state index in [0.29, 0.717) is 5.76 Å². The van der Waals surface area contributed by atoms with Gasteiger partial charge in [-0.3, -0.25) is 4.79 Å². The molecule has 0 saturated heterocycles. The second-order valence-electron chi connectivity index (χ2n) is 3.53. The first kappa shape index (κ1) is 12.1. The van der Waals surface area contributed by atoms with Crippen molar-refractivity contribution in [1.29, 1.82) is 0 Å². The summed E-state index contributed by atoms with van der Waals surface area (Å²) >= 11 is 0. The van der Waals surface area contributed by atoms with Crippen LogP contribution in [0.3, 0.4) is 0 Å². The Kier molecular flexibility index (Phi) is 3.55. The van der Waals surface area contributed by atoms with E-state index in [1.807, 2.05) is 0 Å². The van der Waals surface area contributed by atoms with Crippen molar-refractivity contribution in [2.24, 2.45) is 10.9 Å². The second-order valence-corrected chi connectivity index (χ2v) is 3.53. The Morgan fingerprint density at radius 3 is 2.69 bits per heavy atom. The molecule has 6 nitrogen and oxygen atoms in total. The fourth-order valence-corrected chi connectivity index (χ4v) is 1.18. The van der Waals surface area contributed by atoms with E-state index in [1.165, 1.54) is 4.90 Å². The average Bonchev–Trinajstić information content (AvgIpc) is 2.71. The number of aryl methyl sites for hydroxylation is 1. The SMILES string of the molecule is Cc1ccc(C(=O)N(C)C(C)C(N)=NO)o1. The lowest BCUT2D eigenvalue weighted by atomic mass is 10.2. The number of nitrogens with zero attached hydrogens (tertiary/aromatic N) is 2. The van der Waals surface area contributed by atoms with Gasteiger partial charge in [0.05, 0.1) is 6.04 Å². The van der Waals surface area contributed by atoms with Crippen LogP contribution in [0.25, 0.3) is 0 Å². The van der Waals surface area contributed by atoms with Gasteiger partial charge in [-0.1, -0.05) is 5.16 Å². The molecule has 1 unspecified atom stereocenters. The fraction of sp³-hybridized carbons (Fsp3) is 0.400. The third kappa shape index (κ3) is 2.33. The molecule has 0 bridgehead atoms. The Bertz CT molecular complexity index is 411. The van der Waals surface area contributed by atoms with Gasteiger partial charge >= 0.3 is 0 Å². The monoisotopic (exact) mass is 225 g/mol. The molecular weight excluding hydrogens is 210 g/mol. The van der Waals surface area contributed by atoms with Crippen molar-refractivity contribution in [3.8, 4) is 0 Å². The van der Waals surface area contributed by atoms with Gasteiger partial charge < -0.3 is 20.3 Å². The van der Waals surface area contributed by atoms with E-state index in [2.05, 4.69) is 5.16 Å². The first-order chi connectivity index (χ1) is 7.47. The van der Waals surface area contributed by atoms with Crippen LogP contribution in [0.1, 0.15) is 23.2 Å². The number of oxime groups is 1. The van der Waals surface area contributed by atoms with E-state index < -0.39 is 6.04 Å². The summed E-state index contributed by atoms with van der Waals surface area (Å²) in [6, 6.07) is 2.80. The summed E-state index contributed by atoms with van der Waals surface area (Å²) in [6.45, 7) is 3.41. The van der Waals surface area contributed by atoms with Crippen LogP contribution in [0.15, 0.2) is 21.7 Å². The van der Waals surface area contributed by atoms with Crippen LogP contribution in [-0.4, -0.2) is 34.9 Å². The van der Waals surface area contributed by atoms with Gasteiger partial charge in [0.1, 0.15) is 5.76 Å². The molecule has 0 aliphatic carbocycles. The largest absolute Gasteiger partial charge is 0.456 e. The van der Waals surface area contributed by atoms with Gasteiger partial charge in [-0.05, 0) is 26.0 Å². The number of rotatable bonds is 3. The van der Waals surface area contributed by atoms with Crippen molar-refractivity contribution < 1.29 is 14.4 Å². The van der Waals surface area contributed by atoms with Crippen LogP contribution < -0.4 is 5.73 Å². The van der Waals surface area contributed by atoms with E-state index in [4.69, 9.17) is 15.4 Å². The summed E-state index contributed by atoms with van der Waals surface area (Å²) in [4.78, 5) is 13.2. The number of hydrogen-bond donors (Lipinski definition) is 2. The molecular formula is C10H15N3O3. The lowest BCUT2D eigenvalue weighted by Crippen LogP contribution is -2.43. The zero-order chi connectivity index (χ0) is 12.3. The number of amides is 1. The smallest absolute Gasteiger partial charge is 0.289 e. The van der Waals surface area contributed by atoms with Crippen LogP contribution in [-0.2, 0) is 0 Å². The predicted octanol–water partition coefficient (Wildman–Crippen LogP) is 0.795. The van der Waals surface area contributed by atoms with Crippen LogP contribution in [0.2, 0.25) is 0 Å². The van der Waals surface area contributed by atoms with Gasteiger partial charge in [0.2, 0.25) is 0 Å². The number of amidine groups is 1. The van der Waals surface area contributed by atoms with Gasteiger partial charge in [-0.25, -0.2) is 0 Å². The minimum atomic E-state index is -0.497. The quantitative estimate of drug-likeness (QED) is 0.344. The van der Waals surface area contributed by atoms with Gasteiger partial charge in [-0.2, -0.15) is 0 Å². The Morgan fingerprint density at radius 1 is 1.62 bits per heavy atom. The van der Waals surface area contributed by atoms with E-state index >= 15 is 0 Å². The fourth-order valence-electron chi connectivity index (χ4n) is 1.18. The number of nitrogens with two attached hydrogens (primary N) is 1. The van der Waals surface area contributed by atoms with Crippen molar-refractivity contribution in [3.63, 3.8) is 0 Å². The van der Waals surface area contributed by atoms with Crippen molar-refractivity contribution in [1.82, 2.24) is 4.90 Å². The van der Waals surface area contributed by atoms with Gasteiger partial charge in [-0.15, -0.1) is 0 Å². The Hall–Kier alpha value is -1.98. The minimum absolute atomic E-state index is 0.0286. The van der Waals surface area contributed by atoms with Crippen LogP contribution in [0.5, 0.6) is 0 Å². The molecule has 88 valence electrons. The van der Waals surface area contributed by atoms with Crippen LogP contribution in [0, 0.1) is 6.92 Å². The first-order valence-corrected chi connectivity index (χ1v) is 4.78. The topological polar surface area (TPSA) is 92.1 Å². The third-order valence-corrected chi connectivity index (χ3v) is 2.40. The normalized spacial score (nSPS) is 13.6. The van der Waals surface area contributed by atoms with E-state index in [-0.39, 0.29) is 17.5 Å². The maximum atomic E-state index is 11.9. The zero-order valence-electron chi connectivity index (χ0n) is 9.47. The maximum absolute atomic E-state index is 11.9. The third-order valence-electron chi connectivity index (χ3n) is 2.40. The van der Waals surface area contributed by atoms with Crippen molar-refractivity contribution >= 4 is 11.7 Å². The van der Waals surface area contributed by atoms with Crippen molar-refractivity contribution in [3.05, 3.63) is 23.7 Å². The molecule has 1 rings (SSSR count). The van der Waals surface area contributed by atoms with Crippen molar-refractivity contribution in [2.75, 3.05) is 7.05 Å². The first-order valence-electron chi connectivity index (χ1n) is 4.78. The molecule has 1 atom stereocenters. The molecule has 0 aliphatic heterocycles. The lowest BCUT2D eigenvalue weighted by Gasteiger charge is -2.22. The van der Waals surface area contributed by atoms with E-state index in [0.717, 1.165) is 0 Å². The summed E-state index contributed by atoms with van der Waals surface area (Å²) in [5.74, 6) is 0.553. The predicted molar refractivity (Wildman–Crippen MR) is 58.4 cm³/mol.